The number of anilines is 1. The lowest BCUT2D eigenvalue weighted by Crippen LogP contribution is -2.42. The van der Waals surface area contributed by atoms with Gasteiger partial charge in [0.05, 0.1) is 12.2 Å². The average molecular weight is 265 g/mol. The molecule has 0 saturated heterocycles. The van der Waals surface area contributed by atoms with Crippen LogP contribution in [0.5, 0.6) is 0 Å². The van der Waals surface area contributed by atoms with Gasteiger partial charge in [-0.2, -0.15) is 0 Å². The van der Waals surface area contributed by atoms with Crippen LogP contribution in [0.1, 0.15) is 5.56 Å². The topological polar surface area (TPSA) is 116 Å². The molecule has 0 radical (unpaired) electrons. The Morgan fingerprint density at radius 3 is 2.29 bits per heavy atom. The van der Waals surface area contributed by atoms with Crippen LogP contribution in [-0.4, -0.2) is 26.9 Å². The molecule has 8 heteroatoms. The first-order valence-electron chi connectivity index (χ1n) is 4.81. The molecule has 1 unspecified atom stereocenters. The van der Waals surface area contributed by atoms with Crippen LogP contribution in [0.25, 0.3) is 0 Å². The van der Waals surface area contributed by atoms with E-state index in [-0.39, 0.29) is 36.8 Å². The van der Waals surface area contributed by atoms with Crippen molar-refractivity contribution in [2.45, 2.75) is 12.5 Å². The van der Waals surface area contributed by atoms with Crippen LogP contribution < -0.4 is 22.7 Å². The van der Waals surface area contributed by atoms with Crippen LogP contribution >= 0.6 is 12.4 Å². The average Bonchev–Trinajstić information content (AvgIpc) is 2.29. The maximum Gasteiger partial charge on any atom is 0.332 e. The van der Waals surface area contributed by atoms with Crippen LogP contribution in [0.3, 0.4) is 0 Å². The number of aromatic nitrogens is 2. The van der Waals surface area contributed by atoms with Gasteiger partial charge in [0.15, 0.2) is 0 Å². The second kappa shape index (κ2) is 5.85. The van der Waals surface area contributed by atoms with Gasteiger partial charge in [-0.15, -0.1) is 12.4 Å². The van der Waals surface area contributed by atoms with Crippen molar-refractivity contribution in [3.05, 3.63) is 26.4 Å². The number of nitrogens with zero attached hydrogens (tertiary/aromatic N) is 2. The van der Waals surface area contributed by atoms with Gasteiger partial charge in [0.25, 0.3) is 5.56 Å². The Bertz CT molecular complexity index is 508. The third-order valence-electron chi connectivity index (χ3n) is 2.51. The molecule has 0 spiro atoms. The Kier molecular flexibility index (Phi) is 5.40. The minimum atomic E-state index is -0.562. The maximum atomic E-state index is 11.7. The van der Waals surface area contributed by atoms with Gasteiger partial charge in [0, 0.05) is 20.1 Å². The fourth-order valence-electron chi connectivity index (χ4n) is 1.45. The van der Waals surface area contributed by atoms with Crippen LogP contribution in [0.15, 0.2) is 9.59 Å². The molecule has 1 rings (SSSR count). The molecular formula is C9H17ClN4O3. The maximum absolute atomic E-state index is 11.7. The number of hydrogen-bond acceptors (Lipinski definition) is 5. The van der Waals surface area contributed by atoms with Gasteiger partial charge in [-0.1, -0.05) is 0 Å². The number of aliphatic hydroxyl groups is 1. The molecule has 1 atom stereocenters. The highest BCUT2D eigenvalue weighted by Gasteiger charge is 2.15. The Hall–Kier alpha value is -1.31. The summed E-state index contributed by atoms with van der Waals surface area (Å²) in [4.78, 5) is 23.2. The van der Waals surface area contributed by atoms with E-state index in [9.17, 15) is 9.59 Å². The summed E-state index contributed by atoms with van der Waals surface area (Å²) >= 11 is 0. The van der Waals surface area contributed by atoms with Gasteiger partial charge in [-0.25, -0.2) is 4.79 Å². The summed E-state index contributed by atoms with van der Waals surface area (Å²) in [5.74, 6) is 0.0944. The zero-order valence-corrected chi connectivity index (χ0v) is 10.5. The van der Waals surface area contributed by atoms with Crippen molar-refractivity contribution in [2.75, 3.05) is 12.3 Å². The summed E-state index contributed by atoms with van der Waals surface area (Å²) in [6.45, 7) is -0.245. The van der Waals surface area contributed by atoms with Gasteiger partial charge < -0.3 is 16.6 Å². The fraction of sp³-hybridized carbons (Fsp3) is 0.556. The third kappa shape index (κ3) is 2.87. The molecule has 5 N–H and O–H groups in total. The van der Waals surface area contributed by atoms with Crippen molar-refractivity contribution >= 4 is 18.2 Å². The number of hydrogen-bond donors (Lipinski definition) is 3. The lowest BCUT2D eigenvalue weighted by Gasteiger charge is -2.13. The normalized spacial score (nSPS) is 12.0. The summed E-state index contributed by atoms with van der Waals surface area (Å²) in [6.07, 6.45) is 0.142. The second-order valence-electron chi connectivity index (χ2n) is 3.72. The zero-order chi connectivity index (χ0) is 12.5. The van der Waals surface area contributed by atoms with Crippen molar-refractivity contribution in [1.82, 2.24) is 9.13 Å². The molecule has 0 aliphatic carbocycles. The first-order valence-corrected chi connectivity index (χ1v) is 4.81. The summed E-state index contributed by atoms with van der Waals surface area (Å²) in [5, 5.41) is 8.83. The molecule has 1 aromatic heterocycles. The summed E-state index contributed by atoms with van der Waals surface area (Å²) in [7, 11) is 2.85. The first-order chi connectivity index (χ1) is 7.40. The summed E-state index contributed by atoms with van der Waals surface area (Å²) in [6, 6.07) is -0.562. The van der Waals surface area contributed by atoms with Gasteiger partial charge >= 0.3 is 5.69 Å². The number of aliphatic hydroxyl groups excluding tert-OH is 1. The largest absolute Gasteiger partial charge is 0.395 e. The molecule has 0 aliphatic heterocycles. The molecule has 0 amide bonds. The van der Waals surface area contributed by atoms with E-state index in [2.05, 4.69) is 0 Å². The highest BCUT2D eigenvalue weighted by atomic mass is 35.5. The molecular weight excluding hydrogens is 248 g/mol. The lowest BCUT2D eigenvalue weighted by atomic mass is 10.1. The molecule has 98 valence electrons. The van der Waals surface area contributed by atoms with Crippen LogP contribution in [0.2, 0.25) is 0 Å². The quantitative estimate of drug-likeness (QED) is 0.581. The highest BCUT2D eigenvalue weighted by molar-refractivity contribution is 5.85. The van der Waals surface area contributed by atoms with Gasteiger partial charge in [-0.05, 0) is 6.42 Å². The molecule has 0 saturated carbocycles. The van der Waals surface area contributed by atoms with E-state index in [1.54, 1.807) is 0 Å². The van der Waals surface area contributed by atoms with E-state index < -0.39 is 17.3 Å². The molecule has 0 bridgehead atoms. The molecule has 1 heterocycles. The van der Waals surface area contributed by atoms with Gasteiger partial charge in [0.2, 0.25) is 0 Å². The smallest absolute Gasteiger partial charge is 0.332 e. The van der Waals surface area contributed by atoms with E-state index in [1.807, 2.05) is 0 Å². The van der Waals surface area contributed by atoms with E-state index >= 15 is 0 Å². The molecule has 0 fully saturated rings. The predicted octanol–water partition coefficient (Wildman–Crippen LogP) is -2.05. The van der Waals surface area contributed by atoms with Crippen molar-refractivity contribution in [3.63, 3.8) is 0 Å². The molecule has 7 nitrogen and oxygen atoms in total. The van der Waals surface area contributed by atoms with E-state index in [0.29, 0.717) is 0 Å². The standard InChI is InChI=1S/C9H16N4O3.ClH/c1-12-7(11)6(3-5(10)4-14)8(15)13(2)9(12)16;/h5,14H,3-4,10-11H2,1-2H3;1H. The van der Waals surface area contributed by atoms with Crippen LogP contribution in [-0.2, 0) is 20.5 Å². The monoisotopic (exact) mass is 264 g/mol. The Labute approximate surface area is 104 Å². The SMILES string of the molecule is Cl.Cn1c(N)c(CC(N)CO)c(=O)n(C)c1=O. The third-order valence-corrected chi connectivity index (χ3v) is 2.51. The lowest BCUT2D eigenvalue weighted by molar-refractivity contribution is 0.265. The van der Waals surface area contributed by atoms with Crippen LogP contribution in [0, 0.1) is 0 Å². The van der Waals surface area contributed by atoms with E-state index in [1.165, 1.54) is 18.7 Å². The van der Waals surface area contributed by atoms with Crippen LogP contribution in [0.4, 0.5) is 5.82 Å². The van der Waals surface area contributed by atoms with Crippen molar-refractivity contribution in [2.24, 2.45) is 19.8 Å². The molecule has 0 aliphatic rings. The van der Waals surface area contributed by atoms with E-state index in [0.717, 1.165) is 4.57 Å². The summed E-state index contributed by atoms with van der Waals surface area (Å²) in [5.41, 5.74) is 10.5. The zero-order valence-electron chi connectivity index (χ0n) is 9.71. The predicted molar refractivity (Wildman–Crippen MR) is 67.3 cm³/mol. The van der Waals surface area contributed by atoms with E-state index in [4.69, 9.17) is 16.6 Å². The Morgan fingerprint density at radius 1 is 1.29 bits per heavy atom. The van der Waals surface area contributed by atoms with Crippen molar-refractivity contribution in [3.8, 4) is 0 Å². The highest BCUT2D eigenvalue weighted by Crippen LogP contribution is 2.04. The van der Waals surface area contributed by atoms with Gasteiger partial charge in [-0.3, -0.25) is 13.9 Å². The minimum Gasteiger partial charge on any atom is -0.395 e. The van der Waals surface area contributed by atoms with Gasteiger partial charge in [0.1, 0.15) is 5.82 Å². The first kappa shape index (κ1) is 15.7. The van der Waals surface area contributed by atoms with Crippen molar-refractivity contribution < 1.29 is 5.11 Å². The second-order valence-corrected chi connectivity index (χ2v) is 3.72. The van der Waals surface area contributed by atoms with Crippen molar-refractivity contribution in [1.29, 1.82) is 0 Å². The Morgan fingerprint density at radius 2 is 1.82 bits per heavy atom. The minimum absolute atomic E-state index is 0. The molecule has 1 aromatic rings. The number of nitrogen functional groups attached to an aromatic ring is 1. The molecule has 17 heavy (non-hydrogen) atoms. The summed E-state index contributed by atoms with van der Waals surface area (Å²) < 4.78 is 2.15. The molecule has 0 aromatic carbocycles. The number of nitrogens with two attached hydrogens (primary N) is 2. The fourth-order valence-corrected chi connectivity index (χ4v) is 1.45. The Balaban J connectivity index is 0.00000256. The number of rotatable bonds is 3. The number of halogens is 1.